The minimum absolute atomic E-state index is 0.0826. The fourth-order valence-electron chi connectivity index (χ4n) is 2.16. The molecule has 20 heavy (non-hydrogen) atoms. The van der Waals surface area contributed by atoms with Crippen LogP contribution in [0.3, 0.4) is 0 Å². The summed E-state index contributed by atoms with van der Waals surface area (Å²) in [7, 11) is 0. The molecule has 0 aliphatic heterocycles. The first-order chi connectivity index (χ1) is 9.47. The van der Waals surface area contributed by atoms with E-state index in [1.54, 1.807) is 0 Å². The van der Waals surface area contributed by atoms with Crippen LogP contribution in [0.25, 0.3) is 0 Å². The Morgan fingerprint density at radius 2 is 1.85 bits per heavy atom. The average molecular weight is 334 g/mol. The van der Waals surface area contributed by atoms with Crippen LogP contribution < -0.4 is 10.5 Å². The van der Waals surface area contributed by atoms with Crippen molar-refractivity contribution < 1.29 is 4.74 Å². The highest BCUT2D eigenvalue weighted by molar-refractivity contribution is 9.10. The third-order valence-corrected chi connectivity index (χ3v) is 4.13. The molecule has 2 unspecified atom stereocenters. The van der Waals surface area contributed by atoms with Gasteiger partial charge in [0.2, 0.25) is 0 Å². The molecule has 0 spiro atoms. The van der Waals surface area contributed by atoms with E-state index in [4.69, 9.17) is 10.5 Å². The molecule has 3 heteroatoms. The van der Waals surface area contributed by atoms with Crippen LogP contribution in [0.2, 0.25) is 0 Å². The maximum Gasteiger partial charge on any atom is 0.138 e. The number of ether oxygens (including phenoxy) is 1. The number of rotatable bonds is 4. The summed E-state index contributed by atoms with van der Waals surface area (Å²) >= 11 is 3.50. The van der Waals surface area contributed by atoms with Crippen LogP contribution in [0.1, 0.15) is 29.7 Å². The molecule has 0 aliphatic carbocycles. The Kier molecular flexibility index (Phi) is 4.84. The summed E-state index contributed by atoms with van der Waals surface area (Å²) in [6.45, 7) is 6.09. The summed E-state index contributed by atoms with van der Waals surface area (Å²) < 4.78 is 7.19. The van der Waals surface area contributed by atoms with Crippen molar-refractivity contribution in [3.8, 4) is 5.75 Å². The minimum atomic E-state index is -0.143. The predicted molar refractivity (Wildman–Crippen MR) is 87.1 cm³/mol. The third-order valence-electron chi connectivity index (χ3n) is 3.24. The Bertz CT molecular complexity index is 595. The van der Waals surface area contributed by atoms with Crippen molar-refractivity contribution >= 4 is 15.9 Å². The molecule has 2 aromatic carbocycles. The Labute approximate surface area is 129 Å². The number of benzene rings is 2. The molecule has 0 fully saturated rings. The van der Waals surface area contributed by atoms with Gasteiger partial charge in [0.1, 0.15) is 11.9 Å². The highest BCUT2D eigenvalue weighted by Gasteiger charge is 2.18. The monoisotopic (exact) mass is 333 g/mol. The molecule has 0 heterocycles. The van der Waals surface area contributed by atoms with Crippen LogP contribution in [0.5, 0.6) is 5.75 Å². The first-order valence-corrected chi connectivity index (χ1v) is 7.51. The van der Waals surface area contributed by atoms with Crippen molar-refractivity contribution in [3.63, 3.8) is 0 Å². The molecule has 0 saturated carbocycles. The number of hydrogen-bond donors (Lipinski definition) is 1. The Morgan fingerprint density at radius 3 is 2.45 bits per heavy atom. The fraction of sp³-hybridized carbons (Fsp3) is 0.294. The van der Waals surface area contributed by atoms with Crippen LogP contribution in [0.15, 0.2) is 46.9 Å². The van der Waals surface area contributed by atoms with E-state index in [1.165, 1.54) is 5.56 Å². The second-order valence-electron chi connectivity index (χ2n) is 5.22. The van der Waals surface area contributed by atoms with Crippen LogP contribution in [0, 0.1) is 13.8 Å². The van der Waals surface area contributed by atoms with Gasteiger partial charge < -0.3 is 10.5 Å². The summed E-state index contributed by atoms with van der Waals surface area (Å²) in [5, 5.41) is 0. The van der Waals surface area contributed by atoms with Crippen LogP contribution in [-0.2, 0) is 0 Å². The number of nitrogens with two attached hydrogens (primary N) is 1. The van der Waals surface area contributed by atoms with Crippen molar-refractivity contribution in [3.05, 3.63) is 63.6 Å². The summed E-state index contributed by atoms with van der Waals surface area (Å²) in [6, 6.07) is 14.2. The van der Waals surface area contributed by atoms with Gasteiger partial charge in [0.05, 0.1) is 0 Å². The normalized spacial score (nSPS) is 13.8. The molecule has 0 saturated heterocycles. The highest BCUT2D eigenvalue weighted by Crippen LogP contribution is 2.28. The number of aryl methyl sites for hydroxylation is 2. The van der Waals surface area contributed by atoms with Crippen LogP contribution in [0.4, 0.5) is 0 Å². The SMILES string of the molecule is Cc1cccc(C(Oc2ccc(Br)c(C)c2)C(C)N)c1. The first kappa shape index (κ1) is 15.1. The largest absolute Gasteiger partial charge is 0.484 e. The summed E-state index contributed by atoms with van der Waals surface area (Å²) in [6.07, 6.45) is -0.143. The molecule has 2 atom stereocenters. The molecule has 0 bridgehead atoms. The van der Waals surface area contributed by atoms with Gasteiger partial charge in [-0.3, -0.25) is 0 Å². The molecule has 0 radical (unpaired) electrons. The molecule has 2 N–H and O–H groups in total. The van der Waals surface area contributed by atoms with Crippen molar-refractivity contribution in [1.82, 2.24) is 0 Å². The predicted octanol–water partition coefficient (Wildman–Crippen LogP) is 4.53. The second kappa shape index (κ2) is 6.42. The van der Waals surface area contributed by atoms with Gasteiger partial charge in [0, 0.05) is 10.5 Å². The van der Waals surface area contributed by atoms with Crippen molar-refractivity contribution in [2.75, 3.05) is 0 Å². The summed E-state index contributed by atoms with van der Waals surface area (Å²) in [5.74, 6) is 0.842. The van der Waals surface area contributed by atoms with Gasteiger partial charge in [0.25, 0.3) is 0 Å². The van der Waals surface area contributed by atoms with E-state index in [9.17, 15) is 0 Å². The van der Waals surface area contributed by atoms with E-state index >= 15 is 0 Å². The Hall–Kier alpha value is -1.32. The lowest BCUT2D eigenvalue weighted by Gasteiger charge is -2.23. The first-order valence-electron chi connectivity index (χ1n) is 6.72. The van der Waals surface area contributed by atoms with Gasteiger partial charge in [-0.25, -0.2) is 0 Å². The summed E-state index contributed by atoms with van der Waals surface area (Å²) in [5.41, 5.74) is 9.57. The fourth-order valence-corrected chi connectivity index (χ4v) is 2.41. The maximum absolute atomic E-state index is 6.11. The van der Waals surface area contributed by atoms with Gasteiger partial charge in [0.15, 0.2) is 0 Å². The molecule has 0 aromatic heterocycles. The zero-order valence-electron chi connectivity index (χ0n) is 12.1. The van der Waals surface area contributed by atoms with Gasteiger partial charge in [-0.15, -0.1) is 0 Å². The average Bonchev–Trinajstić information content (AvgIpc) is 2.39. The Balaban J connectivity index is 2.28. The smallest absolute Gasteiger partial charge is 0.138 e. The maximum atomic E-state index is 6.11. The van der Waals surface area contributed by atoms with Gasteiger partial charge in [-0.2, -0.15) is 0 Å². The third kappa shape index (κ3) is 3.62. The lowest BCUT2D eigenvalue weighted by atomic mass is 10.0. The van der Waals surface area contributed by atoms with Crippen LogP contribution in [-0.4, -0.2) is 6.04 Å². The molecule has 2 rings (SSSR count). The standard InChI is InChI=1S/C17H20BrNO/c1-11-5-4-6-14(9-11)17(13(3)19)20-15-7-8-16(18)12(2)10-15/h4-10,13,17H,19H2,1-3H3. The lowest BCUT2D eigenvalue weighted by Crippen LogP contribution is -2.29. The van der Waals surface area contributed by atoms with E-state index in [0.29, 0.717) is 0 Å². The van der Waals surface area contributed by atoms with E-state index in [1.807, 2.05) is 38.1 Å². The summed E-state index contributed by atoms with van der Waals surface area (Å²) in [4.78, 5) is 0. The topological polar surface area (TPSA) is 35.2 Å². The molecule has 0 aliphatic rings. The van der Waals surface area contributed by atoms with E-state index in [-0.39, 0.29) is 12.1 Å². The molecule has 2 nitrogen and oxygen atoms in total. The van der Waals surface area contributed by atoms with Gasteiger partial charge in [-0.1, -0.05) is 45.8 Å². The van der Waals surface area contributed by atoms with Gasteiger partial charge in [-0.05, 0) is 50.1 Å². The quantitative estimate of drug-likeness (QED) is 0.891. The molecule has 106 valence electrons. The van der Waals surface area contributed by atoms with E-state index < -0.39 is 0 Å². The zero-order chi connectivity index (χ0) is 14.7. The van der Waals surface area contributed by atoms with Crippen molar-refractivity contribution in [2.24, 2.45) is 5.73 Å². The van der Waals surface area contributed by atoms with Crippen molar-refractivity contribution in [1.29, 1.82) is 0 Å². The molecular formula is C17H20BrNO. The minimum Gasteiger partial charge on any atom is -0.484 e. The molecular weight excluding hydrogens is 314 g/mol. The van der Waals surface area contributed by atoms with Crippen LogP contribution >= 0.6 is 15.9 Å². The van der Waals surface area contributed by atoms with Crippen molar-refractivity contribution in [2.45, 2.75) is 32.9 Å². The molecule has 0 amide bonds. The van der Waals surface area contributed by atoms with E-state index in [0.717, 1.165) is 21.3 Å². The number of hydrogen-bond acceptors (Lipinski definition) is 2. The molecule has 2 aromatic rings. The zero-order valence-corrected chi connectivity index (χ0v) is 13.6. The highest BCUT2D eigenvalue weighted by atomic mass is 79.9. The Morgan fingerprint density at radius 1 is 1.10 bits per heavy atom. The lowest BCUT2D eigenvalue weighted by molar-refractivity contribution is 0.180. The van der Waals surface area contributed by atoms with Gasteiger partial charge >= 0.3 is 0 Å². The number of halogens is 1. The second-order valence-corrected chi connectivity index (χ2v) is 6.08. The van der Waals surface area contributed by atoms with E-state index in [2.05, 4.69) is 41.1 Å².